The van der Waals surface area contributed by atoms with Crippen molar-refractivity contribution >= 4 is 87.0 Å². The second-order valence-electron chi connectivity index (χ2n) is 24.1. The minimum atomic E-state index is -0.406. The molecule has 3 aromatic carbocycles. The van der Waals surface area contributed by atoms with Gasteiger partial charge >= 0.3 is 18.1 Å². The Kier molecular flexibility index (Phi) is 25.4. The number of anilines is 9. The van der Waals surface area contributed by atoms with E-state index in [4.69, 9.17) is 14.2 Å². The van der Waals surface area contributed by atoms with Crippen LogP contribution in [0.2, 0.25) is 0 Å². The summed E-state index contributed by atoms with van der Waals surface area (Å²) in [5.41, 5.74) is 6.34. The van der Waals surface area contributed by atoms with E-state index in [9.17, 15) is 28.8 Å². The molecule has 30 nitrogen and oxygen atoms in total. The van der Waals surface area contributed by atoms with E-state index in [1.807, 2.05) is 103 Å². The molecule has 6 aromatic heterocycles. The minimum absolute atomic E-state index is 0.0275. The zero-order valence-corrected chi connectivity index (χ0v) is 58.7. The van der Waals surface area contributed by atoms with E-state index in [-0.39, 0.29) is 41.5 Å². The lowest BCUT2D eigenvalue weighted by Crippen LogP contribution is -2.43. The van der Waals surface area contributed by atoms with Crippen molar-refractivity contribution in [3.63, 3.8) is 0 Å². The van der Waals surface area contributed by atoms with E-state index in [0.717, 1.165) is 24.8 Å². The highest BCUT2D eigenvalue weighted by atomic mass is 16.5. The first-order chi connectivity index (χ1) is 48.0. The summed E-state index contributed by atoms with van der Waals surface area (Å²) in [6.07, 6.45) is 13.4. The van der Waals surface area contributed by atoms with E-state index in [1.165, 1.54) is 18.6 Å². The average Bonchev–Trinajstić information content (AvgIpc) is 1.38. The largest absolute Gasteiger partial charge is 0.494 e. The number of nitrogens with zero attached hydrogens (tertiary/aromatic N) is 12. The summed E-state index contributed by atoms with van der Waals surface area (Å²) in [7, 11) is 6.48. The molecule has 0 atom stereocenters. The molecule has 0 bridgehead atoms. The first-order valence-electron chi connectivity index (χ1n) is 32.8. The molecule has 526 valence electrons. The number of benzene rings is 3. The van der Waals surface area contributed by atoms with Crippen LogP contribution in [0.3, 0.4) is 0 Å². The molecule has 0 radical (unpaired) electrons. The van der Waals surface area contributed by atoms with Crippen LogP contribution in [0.5, 0.6) is 17.2 Å². The Labute approximate surface area is 580 Å². The Bertz CT molecular complexity index is 4360. The molecule has 1 aliphatic rings. The number of aromatic nitrogens is 12. The van der Waals surface area contributed by atoms with Gasteiger partial charge in [0.1, 0.15) is 36.4 Å². The number of para-hydroxylation sites is 3. The van der Waals surface area contributed by atoms with Crippen LogP contribution in [0.25, 0.3) is 34.2 Å². The number of hydrogen-bond donors (Lipinski definition) is 9. The fourth-order valence-corrected chi connectivity index (χ4v) is 10.0. The molecular weight excluding hydrogens is 1280 g/mol. The van der Waals surface area contributed by atoms with Crippen molar-refractivity contribution in [3.8, 4) is 51.4 Å². The maximum absolute atomic E-state index is 12.6. The lowest BCUT2D eigenvalue weighted by atomic mass is 9.93. The topological polar surface area (TPSA) is 369 Å². The van der Waals surface area contributed by atoms with Crippen molar-refractivity contribution in [1.29, 1.82) is 0 Å². The molecule has 0 spiro atoms. The zero-order valence-electron chi connectivity index (χ0n) is 58.7. The lowest BCUT2D eigenvalue weighted by molar-refractivity contribution is 0.0980. The molecule has 6 amide bonds. The Morgan fingerprint density at radius 3 is 1.18 bits per heavy atom. The predicted molar refractivity (Wildman–Crippen MR) is 384 cm³/mol. The number of carbonyl (C=O) groups is 6. The number of pyridine rings is 3. The summed E-state index contributed by atoms with van der Waals surface area (Å²) in [6.45, 7) is 20.1. The normalized spacial score (nSPS) is 11.7. The van der Waals surface area contributed by atoms with Crippen LogP contribution in [-0.2, 0) is 20.1 Å². The standard InChI is InChI=1S/C24H29N7O3.2C23H29N7O3/c1-4-20(32)17-13-25-21(29-24(33)27-15-8-6-9-15)12-19(17)28-18-11-7-10-16(22(18)34-3)23-26-14-31(5-2)30-23;1-7-18(31)15-12-24-19(27-22(32)28-23(2,3)4)11-17(15)26-16-10-8-9-14(20(16)33-6)21-25-13-30(5)29-21;1-6-19(31)16-12-24-20(28-23(32)26-14(3)4)11-18(16)27-17-10-8-9-15(21(17)33-5)22-25-13-30(7-2)29-22/h7,10-15H,4-6,8-9H2,1-3H3,(H3,25,27,28,29,33);8-13H,7H2,1-6H3,(H3,24,26,27,28,32);8-14H,6-7H2,1-5H3,(H3,24,26,27,28,32). The van der Waals surface area contributed by atoms with Crippen molar-refractivity contribution in [3.05, 3.63) is 127 Å². The van der Waals surface area contributed by atoms with Crippen LogP contribution < -0.4 is 62.1 Å². The fourth-order valence-electron chi connectivity index (χ4n) is 10.0. The van der Waals surface area contributed by atoms with Gasteiger partial charge in [0.2, 0.25) is 0 Å². The third-order valence-corrected chi connectivity index (χ3v) is 15.2. The average molecular weight is 1370 g/mol. The van der Waals surface area contributed by atoms with Gasteiger partial charge in [0.05, 0.1) is 88.8 Å². The summed E-state index contributed by atoms with van der Waals surface area (Å²) in [5.74, 6) is 3.89. The lowest BCUT2D eigenvalue weighted by Gasteiger charge is -2.26. The molecule has 6 heterocycles. The van der Waals surface area contributed by atoms with Gasteiger partial charge in [0, 0.05) is 93.8 Å². The van der Waals surface area contributed by atoms with Gasteiger partial charge in [-0.15, -0.1) is 0 Å². The molecule has 1 fully saturated rings. The van der Waals surface area contributed by atoms with Gasteiger partial charge in [0.15, 0.2) is 52.1 Å². The molecule has 1 saturated carbocycles. The Morgan fingerprint density at radius 2 is 0.870 bits per heavy atom. The zero-order chi connectivity index (χ0) is 72.2. The molecule has 100 heavy (non-hydrogen) atoms. The summed E-state index contributed by atoms with van der Waals surface area (Å²) in [6, 6.07) is 20.6. The van der Waals surface area contributed by atoms with Gasteiger partial charge in [-0.3, -0.25) is 44.4 Å². The van der Waals surface area contributed by atoms with Crippen molar-refractivity contribution in [2.75, 3.05) is 53.2 Å². The molecule has 9 aromatic rings. The van der Waals surface area contributed by atoms with Crippen LogP contribution >= 0.6 is 0 Å². The number of carbonyl (C=O) groups excluding carboxylic acids is 6. The smallest absolute Gasteiger partial charge is 0.320 e. The number of Topliss-reactive ketones (excluding diaryl/α,β-unsaturated/α-hetero) is 3. The van der Waals surface area contributed by atoms with E-state index in [2.05, 4.69) is 93.1 Å². The highest BCUT2D eigenvalue weighted by Gasteiger charge is 2.25. The second kappa shape index (κ2) is 34.4. The van der Waals surface area contributed by atoms with Gasteiger partial charge in [0.25, 0.3) is 0 Å². The fraction of sp³-hybridized carbons (Fsp3) is 0.357. The number of nitrogens with one attached hydrogen (secondary N) is 9. The third kappa shape index (κ3) is 19.5. The molecule has 30 heteroatoms. The van der Waals surface area contributed by atoms with E-state index in [0.29, 0.717) is 146 Å². The number of ketones is 3. The van der Waals surface area contributed by atoms with Crippen LogP contribution in [0.4, 0.5) is 66.0 Å². The molecule has 1 aliphatic carbocycles. The molecule has 0 aliphatic heterocycles. The number of methoxy groups -OCH3 is 3. The number of hydrogen-bond acceptors (Lipinski definition) is 21. The highest BCUT2D eigenvalue weighted by Crippen LogP contribution is 2.41. The van der Waals surface area contributed by atoms with Crippen molar-refractivity contribution in [2.24, 2.45) is 7.05 Å². The number of urea groups is 3. The van der Waals surface area contributed by atoms with Gasteiger partial charge in [-0.2, -0.15) is 15.3 Å². The summed E-state index contributed by atoms with van der Waals surface area (Å²) >= 11 is 0. The van der Waals surface area contributed by atoms with Crippen LogP contribution in [-0.4, -0.2) is 134 Å². The van der Waals surface area contributed by atoms with Crippen LogP contribution in [0, 0.1) is 0 Å². The van der Waals surface area contributed by atoms with Crippen molar-refractivity contribution in [2.45, 2.75) is 138 Å². The second-order valence-corrected chi connectivity index (χ2v) is 24.1. The van der Waals surface area contributed by atoms with Crippen molar-refractivity contribution < 1.29 is 43.0 Å². The number of ether oxygens (including phenoxy) is 3. The first-order valence-corrected chi connectivity index (χ1v) is 32.8. The summed E-state index contributed by atoms with van der Waals surface area (Å²) in [4.78, 5) is 100. The first kappa shape index (κ1) is 74.0. The molecule has 10 rings (SSSR count). The van der Waals surface area contributed by atoms with Gasteiger partial charge in [-0.05, 0) is 104 Å². The van der Waals surface area contributed by atoms with E-state index < -0.39 is 11.6 Å². The predicted octanol–water partition coefficient (Wildman–Crippen LogP) is 12.8. The Hall–Kier alpha value is -11.9. The van der Waals surface area contributed by atoms with E-state index >= 15 is 0 Å². The van der Waals surface area contributed by atoms with E-state index in [1.54, 1.807) is 100 Å². The monoisotopic (exact) mass is 1370 g/mol. The Morgan fingerprint density at radius 1 is 0.500 bits per heavy atom. The highest BCUT2D eigenvalue weighted by molar-refractivity contribution is 6.05. The molecular formula is C70H87N21O9. The molecule has 0 saturated heterocycles. The minimum Gasteiger partial charge on any atom is -0.494 e. The third-order valence-electron chi connectivity index (χ3n) is 15.2. The van der Waals surface area contributed by atoms with Gasteiger partial charge in [-0.1, -0.05) is 39.0 Å². The molecule has 0 unspecified atom stereocenters. The van der Waals surface area contributed by atoms with Crippen molar-refractivity contribution in [1.82, 2.24) is 75.2 Å². The van der Waals surface area contributed by atoms with Gasteiger partial charge in [-0.25, -0.2) is 44.3 Å². The maximum Gasteiger partial charge on any atom is 0.320 e. The van der Waals surface area contributed by atoms with Crippen LogP contribution in [0.1, 0.15) is 139 Å². The summed E-state index contributed by atoms with van der Waals surface area (Å²) in [5, 5.41) is 39.8. The van der Waals surface area contributed by atoms with Gasteiger partial charge < -0.3 is 46.1 Å². The number of amides is 6. The molecule has 9 N–H and O–H groups in total. The Balaban J connectivity index is 0.000000191. The number of aryl methyl sites for hydroxylation is 3. The van der Waals surface area contributed by atoms with Crippen LogP contribution in [0.15, 0.2) is 110 Å². The number of rotatable bonds is 25. The SMILES string of the molecule is CCC(=O)c1cnc(NC(=O)NC(C)(C)C)cc1Nc1cccc(-c2ncn(C)n2)c1OC.CCC(=O)c1cnc(NC(=O)NC(C)C)cc1Nc1cccc(-c2ncn(CC)n2)c1OC.CCC(=O)c1cnc(NC(=O)NC2CCC2)cc1Nc1cccc(-c2ncn(CC)n2)c1OC. The summed E-state index contributed by atoms with van der Waals surface area (Å²) < 4.78 is 22.1. The quantitative estimate of drug-likeness (QED) is 0.0240. The maximum atomic E-state index is 12.6.